The highest BCUT2D eigenvalue weighted by molar-refractivity contribution is 7.80. The fourth-order valence-electron chi connectivity index (χ4n) is 2.04. The zero-order chi connectivity index (χ0) is 18.4. The third kappa shape index (κ3) is 5.44. The average Bonchev–Trinajstić information content (AvgIpc) is 2.54. The summed E-state index contributed by atoms with van der Waals surface area (Å²) in [7, 11) is 0. The number of thiocarbonyl (C=S) groups is 1. The van der Waals surface area contributed by atoms with Gasteiger partial charge in [-0.25, -0.2) is 0 Å². The number of benzene rings is 2. The Morgan fingerprint density at radius 1 is 1.24 bits per heavy atom. The van der Waals surface area contributed by atoms with Gasteiger partial charge in [0.25, 0.3) is 11.8 Å². The molecule has 130 valence electrons. The molecule has 8 heteroatoms. The lowest BCUT2D eigenvalue weighted by Gasteiger charge is -2.13. The number of hydrogen-bond acceptors (Lipinski definition) is 4. The Labute approximate surface area is 155 Å². The van der Waals surface area contributed by atoms with Crippen LogP contribution in [0.15, 0.2) is 42.5 Å². The van der Waals surface area contributed by atoms with Gasteiger partial charge in [0.05, 0.1) is 11.3 Å². The van der Waals surface area contributed by atoms with Crippen molar-refractivity contribution in [3.8, 4) is 5.75 Å². The van der Waals surface area contributed by atoms with Crippen molar-refractivity contribution in [1.82, 2.24) is 5.32 Å². The number of carbonyl (C=O) groups is 2. The standard InChI is InChI=1S/C17H16ClN3O3S/c1-10-8-11(18)6-7-14(10)24-9-15(22)21-17(25)20-13-5-3-2-4-12(13)16(19)23/h2-8H,9H2,1H3,(H2,19,23)(H2,20,21,22,25). The lowest BCUT2D eigenvalue weighted by molar-refractivity contribution is -0.121. The van der Waals surface area contributed by atoms with Crippen molar-refractivity contribution >= 4 is 46.4 Å². The van der Waals surface area contributed by atoms with Gasteiger partial charge >= 0.3 is 0 Å². The maximum Gasteiger partial charge on any atom is 0.264 e. The van der Waals surface area contributed by atoms with Crippen LogP contribution in [0.25, 0.3) is 0 Å². The SMILES string of the molecule is Cc1cc(Cl)ccc1OCC(=O)NC(=S)Nc1ccccc1C(N)=O. The molecule has 0 aliphatic rings. The summed E-state index contributed by atoms with van der Waals surface area (Å²) < 4.78 is 5.43. The van der Waals surface area contributed by atoms with Gasteiger partial charge in [0.1, 0.15) is 5.75 Å². The van der Waals surface area contributed by atoms with Crippen LogP contribution >= 0.6 is 23.8 Å². The maximum absolute atomic E-state index is 11.9. The Hall–Kier alpha value is -2.64. The molecule has 0 unspecified atom stereocenters. The molecule has 0 fully saturated rings. The van der Waals surface area contributed by atoms with E-state index in [4.69, 9.17) is 34.3 Å². The number of halogens is 1. The van der Waals surface area contributed by atoms with Crippen LogP contribution in [0.3, 0.4) is 0 Å². The highest BCUT2D eigenvalue weighted by Crippen LogP contribution is 2.21. The summed E-state index contributed by atoms with van der Waals surface area (Å²) in [5.74, 6) is -0.486. The summed E-state index contributed by atoms with van der Waals surface area (Å²) in [6.07, 6.45) is 0. The second kappa shape index (κ2) is 8.46. The van der Waals surface area contributed by atoms with Crippen molar-refractivity contribution in [2.45, 2.75) is 6.92 Å². The van der Waals surface area contributed by atoms with E-state index in [9.17, 15) is 9.59 Å². The molecule has 2 rings (SSSR count). The molecule has 2 amide bonds. The average molecular weight is 378 g/mol. The molecular weight excluding hydrogens is 362 g/mol. The zero-order valence-corrected chi connectivity index (χ0v) is 14.9. The maximum atomic E-state index is 11.9. The van der Waals surface area contributed by atoms with Gasteiger partial charge in [0, 0.05) is 5.02 Å². The van der Waals surface area contributed by atoms with Crippen LogP contribution < -0.4 is 21.1 Å². The third-order valence-electron chi connectivity index (χ3n) is 3.19. The fourth-order valence-corrected chi connectivity index (χ4v) is 2.49. The van der Waals surface area contributed by atoms with Gasteiger partial charge in [-0.15, -0.1) is 0 Å². The number of para-hydroxylation sites is 1. The van der Waals surface area contributed by atoms with Crippen LogP contribution in [0.2, 0.25) is 5.02 Å². The first-order valence-corrected chi connectivity index (χ1v) is 8.04. The van der Waals surface area contributed by atoms with Crippen molar-refractivity contribution in [2.75, 3.05) is 11.9 Å². The van der Waals surface area contributed by atoms with Gasteiger partial charge < -0.3 is 15.8 Å². The van der Waals surface area contributed by atoms with Crippen molar-refractivity contribution < 1.29 is 14.3 Å². The van der Waals surface area contributed by atoms with E-state index in [-0.39, 0.29) is 17.3 Å². The molecule has 2 aromatic carbocycles. The summed E-state index contributed by atoms with van der Waals surface area (Å²) in [5, 5.41) is 5.87. The molecule has 0 saturated carbocycles. The van der Waals surface area contributed by atoms with Crippen molar-refractivity contribution in [3.05, 3.63) is 58.6 Å². The van der Waals surface area contributed by atoms with E-state index in [0.29, 0.717) is 16.5 Å². The Morgan fingerprint density at radius 2 is 1.96 bits per heavy atom. The quantitative estimate of drug-likeness (QED) is 0.696. The fraction of sp³-hybridized carbons (Fsp3) is 0.118. The van der Waals surface area contributed by atoms with Gasteiger partial charge in [-0.2, -0.15) is 0 Å². The molecule has 0 radical (unpaired) electrons. The second-order valence-corrected chi connectivity index (χ2v) is 5.96. The van der Waals surface area contributed by atoms with Crippen molar-refractivity contribution in [3.63, 3.8) is 0 Å². The number of rotatable bonds is 5. The Morgan fingerprint density at radius 3 is 2.64 bits per heavy atom. The van der Waals surface area contributed by atoms with E-state index < -0.39 is 11.8 Å². The zero-order valence-electron chi connectivity index (χ0n) is 13.3. The van der Waals surface area contributed by atoms with Gasteiger partial charge in [-0.3, -0.25) is 14.9 Å². The van der Waals surface area contributed by atoms with Gasteiger partial charge in [0.15, 0.2) is 11.7 Å². The molecule has 2 aromatic rings. The first-order valence-electron chi connectivity index (χ1n) is 7.25. The number of anilines is 1. The van der Waals surface area contributed by atoms with E-state index >= 15 is 0 Å². The van der Waals surface area contributed by atoms with Gasteiger partial charge in [0.2, 0.25) is 0 Å². The molecule has 0 spiro atoms. The molecular formula is C17H16ClN3O3S. The third-order valence-corrected chi connectivity index (χ3v) is 3.63. The largest absolute Gasteiger partial charge is 0.483 e. The topological polar surface area (TPSA) is 93.4 Å². The Bertz CT molecular complexity index is 827. The van der Waals surface area contributed by atoms with E-state index in [1.165, 1.54) is 0 Å². The molecule has 0 aliphatic carbocycles. The molecule has 0 aromatic heterocycles. The number of primary amides is 1. The summed E-state index contributed by atoms with van der Waals surface area (Å²) in [4.78, 5) is 23.3. The number of aryl methyl sites for hydroxylation is 1. The number of nitrogens with two attached hydrogens (primary N) is 1. The summed E-state index contributed by atoms with van der Waals surface area (Å²) in [6, 6.07) is 11.7. The van der Waals surface area contributed by atoms with Crippen LogP contribution in [-0.2, 0) is 4.79 Å². The number of ether oxygens (including phenoxy) is 1. The van der Waals surface area contributed by atoms with E-state index in [1.54, 1.807) is 42.5 Å². The predicted octanol–water partition coefficient (Wildman–Crippen LogP) is 2.64. The van der Waals surface area contributed by atoms with Crippen LogP contribution in [0.5, 0.6) is 5.75 Å². The Balaban J connectivity index is 1.90. The van der Waals surface area contributed by atoms with Gasteiger partial charge in [-0.1, -0.05) is 23.7 Å². The smallest absolute Gasteiger partial charge is 0.264 e. The minimum atomic E-state index is -0.598. The van der Waals surface area contributed by atoms with Crippen LogP contribution in [-0.4, -0.2) is 23.5 Å². The first-order chi connectivity index (χ1) is 11.9. The van der Waals surface area contributed by atoms with Crippen LogP contribution in [0.1, 0.15) is 15.9 Å². The predicted molar refractivity (Wildman–Crippen MR) is 101 cm³/mol. The van der Waals surface area contributed by atoms with Crippen LogP contribution in [0.4, 0.5) is 5.69 Å². The Kier molecular flexibility index (Phi) is 6.32. The first kappa shape index (κ1) is 18.7. The summed E-state index contributed by atoms with van der Waals surface area (Å²) >= 11 is 10.9. The number of amides is 2. The highest BCUT2D eigenvalue weighted by Gasteiger charge is 2.11. The molecule has 0 aliphatic heterocycles. The normalized spacial score (nSPS) is 10.0. The van der Waals surface area contributed by atoms with Crippen LogP contribution in [0, 0.1) is 6.92 Å². The molecule has 0 bridgehead atoms. The minimum absolute atomic E-state index is 0.0372. The van der Waals surface area contributed by atoms with E-state index in [1.807, 2.05) is 6.92 Å². The molecule has 25 heavy (non-hydrogen) atoms. The second-order valence-electron chi connectivity index (χ2n) is 5.11. The molecule has 0 heterocycles. The van der Waals surface area contributed by atoms with Crippen molar-refractivity contribution in [1.29, 1.82) is 0 Å². The molecule has 6 nitrogen and oxygen atoms in total. The number of nitrogens with one attached hydrogen (secondary N) is 2. The van der Waals surface area contributed by atoms with E-state index in [2.05, 4.69) is 10.6 Å². The number of carbonyl (C=O) groups excluding carboxylic acids is 2. The molecule has 0 atom stereocenters. The number of hydrogen-bond donors (Lipinski definition) is 3. The molecule has 0 saturated heterocycles. The van der Waals surface area contributed by atoms with Crippen molar-refractivity contribution in [2.24, 2.45) is 5.73 Å². The van der Waals surface area contributed by atoms with Gasteiger partial charge in [-0.05, 0) is 55.0 Å². The van der Waals surface area contributed by atoms with E-state index in [0.717, 1.165) is 5.56 Å². The monoisotopic (exact) mass is 377 g/mol. The summed E-state index contributed by atoms with van der Waals surface area (Å²) in [5.41, 5.74) is 6.79. The highest BCUT2D eigenvalue weighted by atomic mass is 35.5. The minimum Gasteiger partial charge on any atom is -0.483 e. The lowest BCUT2D eigenvalue weighted by Crippen LogP contribution is -2.37. The summed E-state index contributed by atoms with van der Waals surface area (Å²) in [6.45, 7) is 1.60. The molecule has 4 N–H and O–H groups in total. The lowest BCUT2D eigenvalue weighted by atomic mass is 10.1.